The second-order valence-electron chi connectivity index (χ2n) is 3.02. The van der Waals surface area contributed by atoms with Crippen LogP contribution in [-0.2, 0) is 0 Å². The number of benzene rings is 1. The number of carbonyl (C=O) groups excluding carboxylic acids is 1. The molecule has 0 amide bonds. The lowest BCUT2D eigenvalue weighted by molar-refractivity contribution is 0.0695. The van der Waals surface area contributed by atoms with Crippen molar-refractivity contribution in [2.75, 3.05) is 0 Å². The Morgan fingerprint density at radius 1 is 1.14 bits per heavy atom. The average molecular weight is 210 g/mol. The summed E-state index contributed by atoms with van der Waals surface area (Å²) in [4.78, 5) is 21.8. The first-order chi connectivity index (χ1) is 6.45. The lowest BCUT2D eigenvalue weighted by atomic mass is 9.99. The number of carboxylic acids is 1. The minimum atomic E-state index is -0.983. The van der Waals surface area contributed by atoms with Gasteiger partial charge in [-0.15, -0.1) is 12.6 Å². The van der Waals surface area contributed by atoms with Crippen molar-refractivity contribution in [1.29, 1.82) is 0 Å². The van der Waals surface area contributed by atoms with Crippen molar-refractivity contribution in [2.24, 2.45) is 0 Å². The second-order valence-corrected chi connectivity index (χ2v) is 3.43. The van der Waals surface area contributed by atoms with Crippen molar-refractivity contribution in [2.45, 2.75) is 13.8 Å². The van der Waals surface area contributed by atoms with E-state index in [0.29, 0.717) is 16.7 Å². The molecule has 0 unspecified atom stereocenters. The van der Waals surface area contributed by atoms with Gasteiger partial charge < -0.3 is 5.11 Å². The fourth-order valence-electron chi connectivity index (χ4n) is 1.28. The predicted octanol–water partition coefficient (Wildman–Crippen LogP) is 2.07. The molecule has 1 rings (SSSR count). The second kappa shape index (κ2) is 3.84. The molecule has 1 N–H and O–H groups in total. The van der Waals surface area contributed by atoms with Gasteiger partial charge >= 0.3 is 5.97 Å². The summed E-state index contributed by atoms with van der Waals surface area (Å²) in [6.45, 7) is 3.39. The van der Waals surface area contributed by atoms with Crippen molar-refractivity contribution in [1.82, 2.24) is 0 Å². The third-order valence-electron chi connectivity index (χ3n) is 2.25. The van der Waals surface area contributed by atoms with Gasteiger partial charge in [-0.3, -0.25) is 4.79 Å². The van der Waals surface area contributed by atoms with E-state index in [0.717, 1.165) is 0 Å². The zero-order valence-electron chi connectivity index (χ0n) is 7.87. The van der Waals surface area contributed by atoms with Crippen LogP contribution in [0.2, 0.25) is 0 Å². The maximum absolute atomic E-state index is 11.0. The van der Waals surface area contributed by atoms with E-state index in [2.05, 4.69) is 12.6 Å². The van der Waals surface area contributed by atoms with Crippen molar-refractivity contribution in [3.8, 4) is 0 Å². The number of aromatic carboxylic acids is 1. The molecule has 0 saturated carbocycles. The zero-order chi connectivity index (χ0) is 10.9. The molecule has 74 valence electrons. The van der Waals surface area contributed by atoms with Gasteiger partial charge in [0, 0.05) is 5.56 Å². The fourth-order valence-corrected chi connectivity index (χ4v) is 1.53. The molecule has 4 heteroatoms. The van der Waals surface area contributed by atoms with Crippen molar-refractivity contribution < 1.29 is 14.7 Å². The van der Waals surface area contributed by atoms with E-state index in [1.54, 1.807) is 13.8 Å². The van der Waals surface area contributed by atoms with Crippen LogP contribution in [0.1, 0.15) is 31.8 Å². The molecule has 14 heavy (non-hydrogen) atoms. The topological polar surface area (TPSA) is 54.4 Å². The van der Waals surface area contributed by atoms with Gasteiger partial charge in [-0.25, -0.2) is 4.79 Å². The number of hydrogen-bond acceptors (Lipinski definition) is 2. The Balaban J connectivity index is 3.41. The van der Waals surface area contributed by atoms with Crippen LogP contribution in [0.3, 0.4) is 0 Å². The summed E-state index contributed by atoms with van der Waals surface area (Å²) in [6.07, 6.45) is 0. The van der Waals surface area contributed by atoms with E-state index in [9.17, 15) is 9.59 Å². The lowest BCUT2D eigenvalue weighted by Gasteiger charge is -2.07. The molecule has 0 saturated heterocycles. The monoisotopic (exact) mass is 210 g/mol. The highest BCUT2D eigenvalue weighted by Gasteiger charge is 2.13. The summed E-state index contributed by atoms with van der Waals surface area (Å²) in [7, 11) is 0. The first-order valence-corrected chi connectivity index (χ1v) is 4.46. The molecule has 0 aromatic heterocycles. The number of carbonyl (C=O) groups is 2. The molecule has 1 aromatic rings. The molecule has 0 aliphatic rings. The van der Waals surface area contributed by atoms with Gasteiger partial charge in [0.25, 0.3) is 0 Å². The maximum Gasteiger partial charge on any atom is 0.335 e. The molecule has 0 aliphatic heterocycles. The Labute approximate surface area is 87.2 Å². The smallest absolute Gasteiger partial charge is 0.335 e. The van der Waals surface area contributed by atoms with Gasteiger partial charge in [0.1, 0.15) is 0 Å². The Morgan fingerprint density at radius 3 is 2.00 bits per heavy atom. The van der Waals surface area contributed by atoms with Crippen molar-refractivity contribution in [3.05, 3.63) is 34.4 Å². The number of hydrogen-bond donors (Lipinski definition) is 2. The molecule has 1 aromatic carbocycles. The zero-order valence-corrected chi connectivity index (χ0v) is 8.76. The molecule has 0 spiro atoms. The minimum Gasteiger partial charge on any atom is -0.478 e. The number of rotatable bonds is 2. The van der Waals surface area contributed by atoms with E-state index >= 15 is 0 Å². The van der Waals surface area contributed by atoms with Gasteiger partial charge in [0.15, 0.2) is 0 Å². The van der Waals surface area contributed by atoms with Gasteiger partial charge in [-0.05, 0) is 37.1 Å². The molecular formula is C10H10O3S. The predicted molar refractivity (Wildman–Crippen MR) is 56.2 cm³/mol. The van der Waals surface area contributed by atoms with E-state index in [4.69, 9.17) is 5.11 Å². The summed E-state index contributed by atoms with van der Waals surface area (Å²) >= 11 is 3.70. The van der Waals surface area contributed by atoms with Crippen LogP contribution in [0, 0.1) is 13.8 Å². The van der Waals surface area contributed by atoms with Crippen LogP contribution in [-0.4, -0.2) is 16.2 Å². The highest BCUT2D eigenvalue weighted by Crippen LogP contribution is 2.19. The third-order valence-corrected chi connectivity index (χ3v) is 2.49. The molecule has 0 atom stereocenters. The Morgan fingerprint density at radius 2 is 1.57 bits per heavy atom. The lowest BCUT2D eigenvalue weighted by Crippen LogP contribution is -2.04. The molecule has 0 heterocycles. The average Bonchev–Trinajstić information content (AvgIpc) is 2.08. The van der Waals surface area contributed by atoms with Gasteiger partial charge in [-0.2, -0.15) is 0 Å². The van der Waals surface area contributed by atoms with Gasteiger partial charge in [0.05, 0.1) is 5.56 Å². The fraction of sp³-hybridized carbons (Fsp3) is 0.200. The highest BCUT2D eigenvalue weighted by molar-refractivity contribution is 7.97. The quantitative estimate of drug-likeness (QED) is 0.735. The van der Waals surface area contributed by atoms with Crippen LogP contribution in [0.15, 0.2) is 12.1 Å². The van der Waals surface area contributed by atoms with Gasteiger partial charge in [0.2, 0.25) is 5.12 Å². The number of carboxylic acid groups (broad SMARTS) is 1. The van der Waals surface area contributed by atoms with Crippen LogP contribution in [0.4, 0.5) is 0 Å². The number of thiol groups is 1. The van der Waals surface area contributed by atoms with Crippen LogP contribution in [0.5, 0.6) is 0 Å². The van der Waals surface area contributed by atoms with Crippen LogP contribution >= 0.6 is 12.6 Å². The summed E-state index contributed by atoms with van der Waals surface area (Å²) in [5.41, 5.74) is 1.96. The largest absolute Gasteiger partial charge is 0.478 e. The highest BCUT2D eigenvalue weighted by atomic mass is 32.1. The summed E-state index contributed by atoms with van der Waals surface area (Å²) in [6, 6.07) is 2.91. The normalized spacial score (nSPS) is 9.93. The maximum atomic E-state index is 11.0. The molecule has 0 aliphatic carbocycles. The van der Waals surface area contributed by atoms with E-state index in [1.165, 1.54) is 12.1 Å². The van der Waals surface area contributed by atoms with E-state index in [-0.39, 0.29) is 10.7 Å². The molecule has 0 radical (unpaired) electrons. The first-order valence-electron chi connectivity index (χ1n) is 4.02. The molecular weight excluding hydrogens is 200 g/mol. The molecule has 0 fully saturated rings. The summed E-state index contributed by atoms with van der Waals surface area (Å²) < 4.78 is 0. The summed E-state index contributed by atoms with van der Waals surface area (Å²) in [5, 5.41) is 8.47. The van der Waals surface area contributed by atoms with Gasteiger partial charge in [-0.1, -0.05) is 0 Å². The molecule has 0 bridgehead atoms. The Hall–Kier alpha value is -1.29. The third kappa shape index (κ3) is 1.80. The van der Waals surface area contributed by atoms with Crippen LogP contribution < -0.4 is 0 Å². The Bertz CT molecular complexity index is 371. The SMILES string of the molecule is Cc1c(C(=O)O)ccc(C(=O)S)c1C. The van der Waals surface area contributed by atoms with E-state index in [1.807, 2.05) is 0 Å². The Kier molecular flexibility index (Phi) is 2.96. The van der Waals surface area contributed by atoms with Crippen LogP contribution in [0.25, 0.3) is 0 Å². The van der Waals surface area contributed by atoms with Crippen molar-refractivity contribution >= 4 is 23.7 Å². The standard InChI is InChI=1S/C10H10O3S/c1-5-6(2)8(10(13)14)4-3-7(5)9(11)12/h3-4H,1-2H3,(H,11,12)(H,13,14). The van der Waals surface area contributed by atoms with Crippen molar-refractivity contribution in [3.63, 3.8) is 0 Å². The summed E-state index contributed by atoms with van der Waals surface area (Å²) in [5.74, 6) is -0.983. The first kappa shape index (κ1) is 10.8. The minimum absolute atomic E-state index is 0.223. The molecule has 3 nitrogen and oxygen atoms in total. The van der Waals surface area contributed by atoms with E-state index < -0.39 is 5.97 Å².